The van der Waals surface area contributed by atoms with Crippen LogP contribution in [0.5, 0.6) is 5.75 Å². The fourth-order valence-corrected chi connectivity index (χ4v) is 3.08. The van der Waals surface area contributed by atoms with Gasteiger partial charge in [-0.1, -0.05) is 11.8 Å². The van der Waals surface area contributed by atoms with Gasteiger partial charge in [-0.15, -0.1) is 11.3 Å². The van der Waals surface area contributed by atoms with Crippen LogP contribution in [0.2, 0.25) is 0 Å². The van der Waals surface area contributed by atoms with Crippen LogP contribution in [0.3, 0.4) is 0 Å². The second kappa shape index (κ2) is 6.24. The molecule has 0 spiro atoms. The molecule has 1 aromatic carbocycles. The van der Waals surface area contributed by atoms with Gasteiger partial charge in [0.2, 0.25) is 0 Å². The van der Waals surface area contributed by atoms with Gasteiger partial charge >= 0.3 is 0 Å². The zero-order chi connectivity index (χ0) is 14.7. The predicted octanol–water partition coefficient (Wildman–Crippen LogP) is 4.00. The number of hydrogen-bond donors (Lipinski definition) is 0. The number of thioether (sulfide) groups is 1. The van der Waals surface area contributed by atoms with Gasteiger partial charge in [-0.25, -0.2) is 15.0 Å². The van der Waals surface area contributed by atoms with Crippen LogP contribution < -0.4 is 4.74 Å². The average molecular weight is 315 g/mol. The third-order valence-corrected chi connectivity index (χ3v) is 4.39. The summed E-state index contributed by atoms with van der Waals surface area (Å²) in [6.45, 7) is 0. The number of nitrogens with zero attached hydrogens (tertiary/aromatic N) is 3. The molecule has 2 aromatic heterocycles. The van der Waals surface area contributed by atoms with Crippen LogP contribution >= 0.6 is 23.1 Å². The van der Waals surface area contributed by atoms with Crippen molar-refractivity contribution in [1.82, 2.24) is 15.0 Å². The molecule has 6 heteroatoms. The summed E-state index contributed by atoms with van der Waals surface area (Å²) in [6, 6.07) is 9.81. The number of hydrogen-bond acceptors (Lipinski definition) is 6. The van der Waals surface area contributed by atoms with Crippen LogP contribution in [0.15, 0.2) is 47.2 Å². The molecule has 3 aromatic rings. The smallest absolute Gasteiger partial charge is 0.187 e. The van der Waals surface area contributed by atoms with Gasteiger partial charge in [0.1, 0.15) is 5.75 Å². The standard InChI is InChI=1S/C15H13N3OS2/c1-19-11-5-3-10(4-6-11)13-14(21-9-17-13)12-7-8-16-15(18-12)20-2/h3-9H,1-2H3. The molecular formula is C15H13N3OS2. The predicted molar refractivity (Wildman–Crippen MR) is 86.9 cm³/mol. The van der Waals surface area contributed by atoms with Gasteiger partial charge in [-0.2, -0.15) is 0 Å². The lowest BCUT2D eigenvalue weighted by Gasteiger charge is -2.04. The summed E-state index contributed by atoms with van der Waals surface area (Å²) in [6.07, 6.45) is 3.75. The Labute approximate surface area is 131 Å². The number of methoxy groups -OCH3 is 1. The van der Waals surface area contributed by atoms with E-state index in [-0.39, 0.29) is 0 Å². The van der Waals surface area contributed by atoms with E-state index in [0.717, 1.165) is 32.7 Å². The van der Waals surface area contributed by atoms with Crippen LogP contribution in [-0.4, -0.2) is 28.3 Å². The normalized spacial score (nSPS) is 10.6. The molecule has 0 bridgehead atoms. The molecule has 0 saturated carbocycles. The number of ether oxygens (including phenoxy) is 1. The molecule has 0 unspecified atom stereocenters. The van der Waals surface area contributed by atoms with Crippen molar-refractivity contribution in [3.05, 3.63) is 42.0 Å². The van der Waals surface area contributed by atoms with Crippen molar-refractivity contribution in [2.45, 2.75) is 5.16 Å². The fourth-order valence-electron chi connectivity index (χ4n) is 1.95. The number of thiazole rings is 1. The van der Waals surface area contributed by atoms with Crippen molar-refractivity contribution in [3.63, 3.8) is 0 Å². The molecule has 0 aliphatic rings. The highest BCUT2D eigenvalue weighted by Gasteiger charge is 2.13. The second-order valence-electron chi connectivity index (χ2n) is 4.19. The zero-order valence-corrected chi connectivity index (χ0v) is 13.2. The van der Waals surface area contributed by atoms with E-state index in [1.807, 2.05) is 42.1 Å². The average Bonchev–Trinajstić information content (AvgIpc) is 3.04. The topological polar surface area (TPSA) is 47.9 Å². The molecule has 106 valence electrons. The molecule has 0 saturated heterocycles. The van der Waals surface area contributed by atoms with Gasteiger partial charge in [0.25, 0.3) is 0 Å². The lowest BCUT2D eigenvalue weighted by atomic mass is 10.1. The molecule has 0 aliphatic heterocycles. The van der Waals surface area contributed by atoms with Gasteiger partial charge in [-0.05, 0) is 36.6 Å². The van der Waals surface area contributed by atoms with Crippen LogP contribution in [0.25, 0.3) is 21.8 Å². The Kier molecular flexibility index (Phi) is 4.17. The van der Waals surface area contributed by atoms with Gasteiger partial charge in [-0.3, -0.25) is 0 Å². The lowest BCUT2D eigenvalue weighted by molar-refractivity contribution is 0.415. The summed E-state index contributed by atoms with van der Waals surface area (Å²) in [5.41, 5.74) is 4.74. The molecule has 0 atom stereocenters. The maximum Gasteiger partial charge on any atom is 0.187 e. The van der Waals surface area contributed by atoms with Crippen LogP contribution in [-0.2, 0) is 0 Å². The van der Waals surface area contributed by atoms with Gasteiger partial charge in [0.15, 0.2) is 5.16 Å². The molecule has 21 heavy (non-hydrogen) atoms. The highest BCUT2D eigenvalue weighted by Crippen LogP contribution is 2.34. The molecule has 3 rings (SSSR count). The Morgan fingerprint density at radius 3 is 2.62 bits per heavy atom. The summed E-state index contributed by atoms with van der Waals surface area (Å²) in [7, 11) is 1.66. The monoisotopic (exact) mass is 315 g/mol. The first-order valence-electron chi connectivity index (χ1n) is 6.27. The Hall–Kier alpha value is -1.92. The summed E-state index contributed by atoms with van der Waals surface area (Å²) >= 11 is 3.12. The zero-order valence-electron chi connectivity index (χ0n) is 11.6. The van der Waals surface area contributed by atoms with Crippen molar-refractivity contribution in [2.75, 3.05) is 13.4 Å². The minimum Gasteiger partial charge on any atom is -0.497 e. The molecule has 4 nitrogen and oxygen atoms in total. The quantitative estimate of drug-likeness (QED) is 0.538. The molecular weight excluding hydrogens is 302 g/mol. The fraction of sp³-hybridized carbons (Fsp3) is 0.133. The maximum atomic E-state index is 5.19. The van der Waals surface area contributed by atoms with E-state index in [2.05, 4.69) is 15.0 Å². The number of rotatable bonds is 4. The summed E-state index contributed by atoms with van der Waals surface area (Å²) in [5.74, 6) is 0.835. The van der Waals surface area contributed by atoms with Crippen molar-refractivity contribution in [2.24, 2.45) is 0 Å². The Balaban J connectivity index is 2.03. The largest absolute Gasteiger partial charge is 0.497 e. The van der Waals surface area contributed by atoms with Gasteiger partial charge in [0.05, 0.1) is 28.9 Å². The highest BCUT2D eigenvalue weighted by atomic mass is 32.2. The van der Waals surface area contributed by atoms with Crippen molar-refractivity contribution in [1.29, 1.82) is 0 Å². The van der Waals surface area contributed by atoms with Crippen molar-refractivity contribution < 1.29 is 4.74 Å². The van der Waals surface area contributed by atoms with Crippen molar-refractivity contribution in [3.8, 4) is 27.6 Å². The lowest BCUT2D eigenvalue weighted by Crippen LogP contribution is -1.89. The summed E-state index contributed by atoms with van der Waals surface area (Å²) < 4.78 is 5.19. The maximum absolute atomic E-state index is 5.19. The van der Waals surface area contributed by atoms with E-state index in [9.17, 15) is 0 Å². The minimum atomic E-state index is 0.765. The van der Waals surface area contributed by atoms with E-state index in [1.54, 1.807) is 24.6 Å². The second-order valence-corrected chi connectivity index (χ2v) is 5.82. The summed E-state index contributed by atoms with van der Waals surface area (Å²) in [5, 5.41) is 0.765. The van der Waals surface area contributed by atoms with Crippen molar-refractivity contribution >= 4 is 23.1 Å². The van der Waals surface area contributed by atoms with E-state index >= 15 is 0 Å². The third-order valence-electron chi connectivity index (χ3n) is 2.98. The van der Waals surface area contributed by atoms with E-state index in [4.69, 9.17) is 4.74 Å². The first-order valence-corrected chi connectivity index (χ1v) is 8.37. The third kappa shape index (κ3) is 2.91. The minimum absolute atomic E-state index is 0.765. The van der Waals surface area contributed by atoms with Gasteiger partial charge < -0.3 is 4.74 Å². The van der Waals surface area contributed by atoms with E-state index < -0.39 is 0 Å². The van der Waals surface area contributed by atoms with E-state index in [0.29, 0.717) is 0 Å². The SMILES string of the molecule is COc1ccc(-c2ncsc2-c2ccnc(SC)n2)cc1. The molecule has 0 fully saturated rings. The summed E-state index contributed by atoms with van der Waals surface area (Å²) in [4.78, 5) is 14.3. The molecule has 0 aliphatic carbocycles. The Morgan fingerprint density at radius 2 is 1.90 bits per heavy atom. The first-order chi connectivity index (χ1) is 10.3. The highest BCUT2D eigenvalue weighted by molar-refractivity contribution is 7.98. The van der Waals surface area contributed by atoms with E-state index in [1.165, 1.54) is 11.8 Å². The molecule has 0 amide bonds. The number of aromatic nitrogens is 3. The first kappa shape index (κ1) is 14.0. The molecule has 2 heterocycles. The van der Waals surface area contributed by atoms with Crippen LogP contribution in [0, 0.1) is 0 Å². The van der Waals surface area contributed by atoms with Gasteiger partial charge in [0, 0.05) is 11.8 Å². The molecule has 0 N–H and O–H groups in total. The number of benzene rings is 1. The molecule has 0 radical (unpaired) electrons. The Morgan fingerprint density at radius 1 is 1.10 bits per heavy atom. The van der Waals surface area contributed by atoms with Crippen LogP contribution in [0.1, 0.15) is 0 Å². The van der Waals surface area contributed by atoms with Crippen LogP contribution in [0.4, 0.5) is 0 Å². The Bertz CT molecular complexity index is 741.